The zero-order valence-corrected chi connectivity index (χ0v) is 12.3. The normalized spacial score (nSPS) is 18.5. The van der Waals surface area contributed by atoms with Crippen molar-refractivity contribution in [2.24, 2.45) is 0 Å². The average Bonchev–Trinajstić information content (AvgIpc) is 2.83. The highest BCUT2D eigenvalue weighted by Gasteiger charge is 2.30. The second kappa shape index (κ2) is 6.85. The molecular weight excluding hydrogens is 258 g/mol. The summed E-state index contributed by atoms with van der Waals surface area (Å²) >= 11 is 1.91. The third-order valence-corrected chi connectivity index (χ3v) is 4.24. The van der Waals surface area contributed by atoms with Crippen LogP contribution in [0.1, 0.15) is 31.7 Å². The van der Waals surface area contributed by atoms with E-state index in [1.165, 1.54) is 0 Å². The molecule has 0 aliphatic carbocycles. The molecule has 19 heavy (non-hydrogen) atoms. The molecule has 0 bridgehead atoms. The number of hydrogen-bond donors (Lipinski definition) is 1. The van der Waals surface area contributed by atoms with Crippen LogP contribution in [0.5, 0.6) is 5.75 Å². The van der Waals surface area contributed by atoms with Crippen molar-refractivity contribution in [3.63, 3.8) is 0 Å². The van der Waals surface area contributed by atoms with Crippen molar-refractivity contribution in [3.05, 3.63) is 29.8 Å². The van der Waals surface area contributed by atoms with Crippen LogP contribution in [0.3, 0.4) is 0 Å². The summed E-state index contributed by atoms with van der Waals surface area (Å²) in [4.78, 5) is 12.3. The van der Waals surface area contributed by atoms with Crippen LogP contribution in [0.25, 0.3) is 0 Å². The van der Waals surface area contributed by atoms with Gasteiger partial charge in [-0.05, 0) is 30.9 Å². The van der Waals surface area contributed by atoms with Gasteiger partial charge in [0, 0.05) is 11.6 Å². The molecule has 1 N–H and O–H groups in total. The molecule has 3 nitrogen and oxygen atoms in total. The second-order valence-electron chi connectivity index (χ2n) is 4.80. The van der Waals surface area contributed by atoms with Crippen LogP contribution < -0.4 is 10.1 Å². The van der Waals surface area contributed by atoms with Gasteiger partial charge in [0.15, 0.2) is 0 Å². The molecule has 1 heterocycles. The second-order valence-corrected chi connectivity index (χ2v) is 6.19. The number of rotatable bonds is 6. The summed E-state index contributed by atoms with van der Waals surface area (Å²) in [7, 11) is 0. The molecule has 0 spiro atoms. The van der Waals surface area contributed by atoms with Crippen molar-refractivity contribution in [2.75, 3.05) is 18.1 Å². The summed E-state index contributed by atoms with van der Waals surface area (Å²) in [6, 6.07) is 8.01. The van der Waals surface area contributed by atoms with E-state index in [9.17, 15) is 4.79 Å². The zero-order chi connectivity index (χ0) is 13.7. The monoisotopic (exact) mass is 279 g/mol. The smallest absolute Gasteiger partial charge is 0.231 e. The fraction of sp³-hybridized carbons (Fsp3) is 0.533. The summed E-state index contributed by atoms with van der Waals surface area (Å²) in [5.41, 5.74) is 1.01. The molecule has 1 aromatic rings. The van der Waals surface area contributed by atoms with Gasteiger partial charge in [0.1, 0.15) is 18.3 Å². The Morgan fingerprint density at radius 2 is 2.32 bits per heavy atom. The van der Waals surface area contributed by atoms with E-state index >= 15 is 0 Å². The molecule has 1 amide bonds. The number of nitrogens with one attached hydrogen (secondary N) is 1. The predicted molar refractivity (Wildman–Crippen MR) is 79.9 cm³/mol. The Bertz CT molecular complexity index is 436. The average molecular weight is 279 g/mol. The van der Waals surface area contributed by atoms with Crippen molar-refractivity contribution < 1.29 is 9.53 Å². The highest BCUT2D eigenvalue weighted by Crippen LogP contribution is 2.33. The minimum Gasteiger partial charge on any atom is -0.492 e. The minimum atomic E-state index is -0.155. The Labute approximate surface area is 119 Å². The van der Waals surface area contributed by atoms with Crippen LogP contribution in [-0.4, -0.2) is 30.1 Å². The van der Waals surface area contributed by atoms with Crippen molar-refractivity contribution in [1.29, 1.82) is 0 Å². The highest BCUT2D eigenvalue weighted by molar-refractivity contribution is 7.99. The molecule has 0 aromatic heterocycles. The number of carbonyl (C=O) groups excluding carboxylic acids is 1. The maximum atomic E-state index is 12.3. The summed E-state index contributed by atoms with van der Waals surface area (Å²) < 4.78 is 5.55. The first-order chi connectivity index (χ1) is 9.22. The SMILES string of the molecule is CCSCC[C@@H](C)NC(=O)[C@H]1COc2ccccc21. The number of benzene rings is 1. The summed E-state index contributed by atoms with van der Waals surface area (Å²) in [6.45, 7) is 4.68. The number of amides is 1. The molecule has 0 unspecified atom stereocenters. The van der Waals surface area contributed by atoms with Gasteiger partial charge in [0.25, 0.3) is 0 Å². The Morgan fingerprint density at radius 1 is 1.53 bits per heavy atom. The fourth-order valence-electron chi connectivity index (χ4n) is 2.20. The van der Waals surface area contributed by atoms with E-state index in [1.807, 2.05) is 36.0 Å². The molecule has 104 valence electrons. The minimum absolute atomic E-state index is 0.0824. The fourth-order valence-corrected chi connectivity index (χ4v) is 3.01. The van der Waals surface area contributed by atoms with Gasteiger partial charge in [0.05, 0.1) is 0 Å². The molecule has 2 atom stereocenters. The molecule has 2 rings (SSSR count). The molecule has 0 saturated carbocycles. The van der Waals surface area contributed by atoms with Crippen LogP contribution >= 0.6 is 11.8 Å². The van der Waals surface area contributed by atoms with E-state index in [-0.39, 0.29) is 17.9 Å². The molecule has 1 aliphatic rings. The summed E-state index contributed by atoms with van der Waals surface area (Å²) in [6.07, 6.45) is 1.01. The van der Waals surface area contributed by atoms with Crippen LogP contribution in [0, 0.1) is 0 Å². The maximum Gasteiger partial charge on any atom is 0.231 e. The maximum absolute atomic E-state index is 12.3. The van der Waals surface area contributed by atoms with Crippen molar-refractivity contribution in [3.8, 4) is 5.75 Å². The lowest BCUT2D eigenvalue weighted by molar-refractivity contribution is -0.123. The Kier molecular flexibility index (Phi) is 5.14. The summed E-state index contributed by atoms with van der Waals surface area (Å²) in [5, 5.41) is 3.09. The first-order valence-corrected chi connectivity index (χ1v) is 7.97. The van der Waals surface area contributed by atoms with Crippen molar-refractivity contribution >= 4 is 17.7 Å². The molecule has 1 aliphatic heterocycles. The van der Waals surface area contributed by atoms with E-state index < -0.39 is 0 Å². The highest BCUT2D eigenvalue weighted by atomic mass is 32.2. The van der Waals surface area contributed by atoms with Gasteiger partial charge in [-0.15, -0.1) is 0 Å². The lowest BCUT2D eigenvalue weighted by atomic mass is 10.00. The number of para-hydroxylation sites is 1. The first kappa shape index (κ1) is 14.3. The Hall–Kier alpha value is -1.16. The number of carbonyl (C=O) groups is 1. The Balaban J connectivity index is 1.88. The number of ether oxygens (including phenoxy) is 1. The molecule has 0 fully saturated rings. The third-order valence-electron chi connectivity index (χ3n) is 3.30. The zero-order valence-electron chi connectivity index (χ0n) is 11.5. The predicted octanol–water partition coefficient (Wildman–Crippen LogP) is 2.81. The first-order valence-electron chi connectivity index (χ1n) is 6.82. The number of thioether (sulfide) groups is 1. The van der Waals surface area contributed by atoms with Crippen molar-refractivity contribution in [1.82, 2.24) is 5.32 Å². The Morgan fingerprint density at radius 3 is 3.11 bits per heavy atom. The molecule has 4 heteroatoms. The molecule has 0 saturated heterocycles. The van der Waals surface area contributed by atoms with Crippen LogP contribution in [0.4, 0.5) is 0 Å². The van der Waals surface area contributed by atoms with E-state index in [2.05, 4.69) is 19.2 Å². The molecule has 0 radical (unpaired) electrons. The van der Waals surface area contributed by atoms with Crippen LogP contribution in [0.15, 0.2) is 24.3 Å². The van der Waals surface area contributed by atoms with E-state index in [1.54, 1.807) is 0 Å². The quantitative estimate of drug-likeness (QED) is 0.814. The third kappa shape index (κ3) is 3.66. The lowest BCUT2D eigenvalue weighted by Gasteiger charge is -2.16. The standard InChI is InChI=1S/C15H21NO2S/c1-3-19-9-8-11(2)16-15(17)13-10-18-14-7-5-4-6-12(13)14/h4-7,11,13H,3,8-10H2,1-2H3,(H,16,17)/t11-,13+/m1/s1. The van der Waals surface area contributed by atoms with Gasteiger partial charge in [-0.25, -0.2) is 0 Å². The largest absolute Gasteiger partial charge is 0.492 e. The van der Waals surface area contributed by atoms with Crippen molar-refractivity contribution in [2.45, 2.75) is 32.2 Å². The molecule has 1 aromatic carbocycles. The van der Waals surface area contributed by atoms with E-state index in [4.69, 9.17) is 4.74 Å². The number of fused-ring (bicyclic) bond motifs is 1. The van der Waals surface area contributed by atoms with Gasteiger partial charge in [0.2, 0.25) is 5.91 Å². The van der Waals surface area contributed by atoms with Gasteiger partial charge < -0.3 is 10.1 Å². The topological polar surface area (TPSA) is 38.3 Å². The lowest BCUT2D eigenvalue weighted by Crippen LogP contribution is -2.37. The van der Waals surface area contributed by atoms with Crippen LogP contribution in [0.2, 0.25) is 0 Å². The van der Waals surface area contributed by atoms with Gasteiger partial charge >= 0.3 is 0 Å². The molecular formula is C15H21NO2S. The van der Waals surface area contributed by atoms with Gasteiger partial charge in [-0.2, -0.15) is 11.8 Å². The van der Waals surface area contributed by atoms with Gasteiger partial charge in [-0.1, -0.05) is 25.1 Å². The van der Waals surface area contributed by atoms with E-state index in [0.717, 1.165) is 29.2 Å². The van der Waals surface area contributed by atoms with E-state index in [0.29, 0.717) is 6.61 Å². The van der Waals surface area contributed by atoms with Crippen LogP contribution in [-0.2, 0) is 4.79 Å². The summed E-state index contributed by atoms with van der Waals surface area (Å²) in [5.74, 6) is 2.99. The number of hydrogen-bond acceptors (Lipinski definition) is 3. The van der Waals surface area contributed by atoms with Gasteiger partial charge in [-0.3, -0.25) is 4.79 Å².